The van der Waals surface area contributed by atoms with E-state index >= 15 is 0 Å². The molecule has 0 atom stereocenters. The molecule has 0 spiro atoms. The van der Waals surface area contributed by atoms with Crippen molar-refractivity contribution in [2.75, 3.05) is 44.7 Å². The molecule has 2 N–H and O–H groups in total. The predicted molar refractivity (Wildman–Crippen MR) is 118 cm³/mol. The number of oxazole rings is 1. The number of nitrogens with one attached hydrogen (secondary N) is 2. The molecule has 0 amide bonds. The van der Waals surface area contributed by atoms with Crippen LogP contribution in [0.2, 0.25) is 5.02 Å². The Hall–Kier alpha value is -2.39. The van der Waals surface area contributed by atoms with Crippen molar-refractivity contribution in [1.82, 2.24) is 4.98 Å². The molecular weight excluding hydrogens is 438 g/mol. The highest BCUT2D eigenvalue weighted by Crippen LogP contribution is 2.32. The van der Waals surface area contributed by atoms with E-state index in [1.54, 1.807) is 48.5 Å². The summed E-state index contributed by atoms with van der Waals surface area (Å²) in [5, 5.41) is 3.62. The molecule has 7 nitrogen and oxygen atoms in total. The molecule has 0 bridgehead atoms. The van der Waals surface area contributed by atoms with Crippen LogP contribution in [0.4, 0.5) is 5.88 Å². The topological polar surface area (TPSA) is 85.9 Å². The van der Waals surface area contributed by atoms with E-state index in [1.807, 2.05) is 6.92 Å². The lowest BCUT2D eigenvalue weighted by Gasteiger charge is -2.23. The lowest BCUT2D eigenvalue weighted by molar-refractivity contribution is -0.906. The molecule has 9 heteroatoms. The van der Waals surface area contributed by atoms with Crippen molar-refractivity contribution >= 4 is 27.3 Å². The van der Waals surface area contributed by atoms with E-state index < -0.39 is 9.84 Å². The zero-order chi connectivity index (χ0) is 21.8. The summed E-state index contributed by atoms with van der Waals surface area (Å²) >= 11 is 5.97. The predicted octanol–water partition coefficient (Wildman–Crippen LogP) is 2.46. The van der Waals surface area contributed by atoms with Crippen LogP contribution in [-0.2, 0) is 14.6 Å². The van der Waals surface area contributed by atoms with Crippen molar-refractivity contribution in [2.24, 2.45) is 0 Å². The Labute approximate surface area is 186 Å². The Balaban J connectivity index is 1.64. The van der Waals surface area contributed by atoms with Gasteiger partial charge in [0.1, 0.15) is 13.1 Å². The van der Waals surface area contributed by atoms with Gasteiger partial charge in [-0.1, -0.05) is 29.3 Å². The number of hydrogen-bond acceptors (Lipinski definition) is 6. The van der Waals surface area contributed by atoms with Crippen LogP contribution in [-0.4, -0.2) is 52.8 Å². The second-order valence-electron chi connectivity index (χ2n) is 7.52. The van der Waals surface area contributed by atoms with E-state index in [1.165, 1.54) is 4.90 Å². The molecule has 2 aromatic carbocycles. The average molecular weight is 463 g/mol. The zero-order valence-electron chi connectivity index (χ0n) is 17.2. The first-order valence-corrected chi connectivity index (χ1v) is 12.0. The van der Waals surface area contributed by atoms with Crippen LogP contribution in [0.15, 0.2) is 62.9 Å². The Morgan fingerprint density at radius 2 is 1.74 bits per heavy atom. The second-order valence-corrected chi connectivity index (χ2v) is 9.82. The van der Waals surface area contributed by atoms with Crippen molar-refractivity contribution in [3.8, 4) is 11.5 Å². The number of rotatable bonds is 7. The first-order valence-electron chi connectivity index (χ1n) is 10.2. The van der Waals surface area contributed by atoms with Gasteiger partial charge in [0.25, 0.3) is 0 Å². The third-order valence-electron chi connectivity index (χ3n) is 5.24. The molecule has 1 saturated heterocycles. The second kappa shape index (κ2) is 9.40. The first kappa shape index (κ1) is 21.8. The monoisotopic (exact) mass is 462 g/mol. The van der Waals surface area contributed by atoms with Gasteiger partial charge < -0.3 is 19.4 Å². The highest BCUT2D eigenvalue weighted by molar-refractivity contribution is 7.91. The van der Waals surface area contributed by atoms with Crippen LogP contribution in [0.5, 0.6) is 0 Å². The number of morpholine rings is 1. The third kappa shape index (κ3) is 5.10. The van der Waals surface area contributed by atoms with E-state index in [4.69, 9.17) is 20.8 Å². The molecule has 2 heterocycles. The van der Waals surface area contributed by atoms with Crippen LogP contribution in [0.3, 0.4) is 0 Å². The van der Waals surface area contributed by atoms with E-state index in [0.717, 1.165) is 38.4 Å². The minimum Gasteiger partial charge on any atom is -0.419 e. The summed E-state index contributed by atoms with van der Waals surface area (Å²) in [6.07, 6.45) is 0. The first-order chi connectivity index (χ1) is 14.9. The van der Waals surface area contributed by atoms with Crippen LogP contribution in [0.1, 0.15) is 5.56 Å². The fourth-order valence-electron chi connectivity index (χ4n) is 3.41. The molecule has 1 aliphatic rings. The lowest BCUT2D eigenvalue weighted by Crippen LogP contribution is -3.14. The van der Waals surface area contributed by atoms with Crippen molar-refractivity contribution < 1.29 is 22.5 Å². The number of quaternary nitrogens is 1. The molecule has 31 heavy (non-hydrogen) atoms. The van der Waals surface area contributed by atoms with Crippen molar-refractivity contribution in [1.29, 1.82) is 0 Å². The number of anilines is 1. The van der Waals surface area contributed by atoms with Gasteiger partial charge >= 0.3 is 0 Å². The van der Waals surface area contributed by atoms with Crippen molar-refractivity contribution in [3.05, 3.63) is 59.1 Å². The highest BCUT2D eigenvalue weighted by atomic mass is 35.5. The number of benzene rings is 2. The van der Waals surface area contributed by atoms with Gasteiger partial charge in [0.2, 0.25) is 26.6 Å². The molecule has 164 valence electrons. The summed E-state index contributed by atoms with van der Waals surface area (Å²) < 4.78 is 37.9. The van der Waals surface area contributed by atoms with Gasteiger partial charge in [0, 0.05) is 10.6 Å². The summed E-state index contributed by atoms with van der Waals surface area (Å²) in [4.78, 5) is 5.94. The quantitative estimate of drug-likeness (QED) is 0.561. The Kier molecular flexibility index (Phi) is 6.62. The molecular formula is C22H25ClN3O4S+. The van der Waals surface area contributed by atoms with Gasteiger partial charge in [-0.15, -0.1) is 0 Å². The Bertz CT molecular complexity index is 1120. The molecule has 1 aliphatic heterocycles. The number of aryl methyl sites for hydroxylation is 1. The minimum atomic E-state index is -3.86. The van der Waals surface area contributed by atoms with Gasteiger partial charge in [-0.3, -0.25) is 0 Å². The molecule has 0 aliphatic carbocycles. The van der Waals surface area contributed by atoms with Crippen molar-refractivity contribution in [3.63, 3.8) is 0 Å². The summed E-state index contributed by atoms with van der Waals surface area (Å²) in [5.74, 6) is 0.377. The van der Waals surface area contributed by atoms with Gasteiger partial charge in [-0.05, 0) is 43.3 Å². The molecule has 0 unspecified atom stereocenters. The maximum Gasteiger partial charge on any atom is 0.234 e. The van der Waals surface area contributed by atoms with E-state index in [-0.39, 0.29) is 21.7 Å². The standard InChI is InChI=1S/C22H24ClN3O4S/c1-16-2-8-19(9-3-16)31(27,28)22-21(24-10-11-26-12-14-29-15-13-26)30-20(25-22)17-4-6-18(23)7-5-17/h2-9,24H,10-15H2,1H3/p+1. The summed E-state index contributed by atoms with van der Waals surface area (Å²) in [7, 11) is -3.86. The molecule has 0 radical (unpaired) electrons. The van der Waals surface area contributed by atoms with Gasteiger partial charge in [0.15, 0.2) is 0 Å². The van der Waals surface area contributed by atoms with Crippen LogP contribution in [0.25, 0.3) is 11.5 Å². The zero-order valence-corrected chi connectivity index (χ0v) is 18.8. The molecule has 3 aromatic rings. The largest absolute Gasteiger partial charge is 0.419 e. The van der Waals surface area contributed by atoms with Gasteiger partial charge in [-0.25, -0.2) is 8.42 Å². The maximum atomic E-state index is 13.3. The normalized spacial score (nSPS) is 15.2. The van der Waals surface area contributed by atoms with E-state index in [9.17, 15) is 8.42 Å². The molecule has 4 rings (SSSR count). The van der Waals surface area contributed by atoms with E-state index in [0.29, 0.717) is 17.1 Å². The number of hydrogen-bond donors (Lipinski definition) is 2. The van der Waals surface area contributed by atoms with Crippen molar-refractivity contribution in [2.45, 2.75) is 16.8 Å². The fraction of sp³-hybridized carbons (Fsp3) is 0.318. The average Bonchev–Trinajstić information content (AvgIpc) is 3.20. The summed E-state index contributed by atoms with van der Waals surface area (Å²) in [6, 6.07) is 13.6. The summed E-state index contributed by atoms with van der Waals surface area (Å²) in [5.41, 5.74) is 1.63. The Morgan fingerprint density at radius 3 is 2.42 bits per heavy atom. The summed E-state index contributed by atoms with van der Waals surface area (Å²) in [6.45, 7) is 6.64. The SMILES string of the molecule is Cc1ccc(S(=O)(=O)c2nc(-c3ccc(Cl)cc3)oc2NCC[NH+]2CCOCC2)cc1. The molecule has 0 saturated carbocycles. The maximum absolute atomic E-state index is 13.3. The third-order valence-corrected chi connectivity index (χ3v) is 7.17. The number of halogens is 1. The minimum absolute atomic E-state index is 0.113. The van der Waals surface area contributed by atoms with E-state index in [2.05, 4.69) is 10.3 Å². The number of nitrogens with zero attached hydrogens (tertiary/aromatic N) is 1. The van der Waals surface area contributed by atoms with Crippen LogP contribution in [0, 0.1) is 6.92 Å². The molecule has 1 aromatic heterocycles. The number of aromatic nitrogens is 1. The smallest absolute Gasteiger partial charge is 0.234 e. The number of ether oxygens (including phenoxy) is 1. The fourth-order valence-corrected chi connectivity index (χ4v) is 4.81. The van der Waals surface area contributed by atoms with Gasteiger partial charge in [0.05, 0.1) is 31.2 Å². The number of sulfone groups is 1. The van der Waals surface area contributed by atoms with Crippen LogP contribution < -0.4 is 10.2 Å². The Morgan fingerprint density at radius 1 is 1.06 bits per heavy atom. The van der Waals surface area contributed by atoms with Crippen LogP contribution >= 0.6 is 11.6 Å². The lowest BCUT2D eigenvalue weighted by atomic mass is 10.2. The molecule has 1 fully saturated rings. The highest BCUT2D eigenvalue weighted by Gasteiger charge is 2.28. The van der Waals surface area contributed by atoms with Gasteiger partial charge in [-0.2, -0.15) is 4.98 Å².